The molecule has 2 aromatic carbocycles. The number of methoxy groups -OCH3 is 3. The molecule has 0 radical (unpaired) electrons. The molecule has 4 rings (SSSR count). The van der Waals surface area contributed by atoms with Gasteiger partial charge in [-0.15, -0.1) is 11.3 Å². The molecule has 176 valence electrons. The van der Waals surface area contributed by atoms with Crippen molar-refractivity contribution in [1.29, 1.82) is 0 Å². The van der Waals surface area contributed by atoms with Crippen LogP contribution in [0.4, 0.5) is 5.13 Å². The molecule has 0 amide bonds. The minimum absolute atomic E-state index is 0.220. The fourth-order valence-corrected chi connectivity index (χ4v) is 6.86. The second kappa shape index (κ2) is 10.0. The van der Waals surface area contributed by atoms with Crippen molar-refractivity contribution >= 4 is 26.3 Å². The molecule has 0 bridgehead atoms. The lowest BCUT2D eigenvalue weighted by Crippen LogP contribution is -2.39. The summed E-state index contributed by atoms with van der Waals surface area (Å²) in [6.45, 7) is 1.29. The van der Waals surface area contributed by atoms with Gasteiger partial charge in [-0.25, -0.2) is 13.4 Å². The van der Waals surface area contributed by atoms with Crippen LogP contribution in [0.15, 0.2) is 52.7 Å². The normalized spacial score (nSPS) is 14.8. The summed E-state index contributed by atoms with van der Waals surface area (Å²) in [5.74, 6) is 1.73. The van der Waals surface area contributed by atoms with Gasteiger partial charge in [0, 0.05) is 36.5 Å². The lowest BCUT2D eigenvalue weighted by atomic mass is 10.1. The van der Waals surface area contributed by atoms with Crippen LogP contribution >= 0.6 is 11.3 Å². The maximum atomic E-state index is 13.3. The van der Waals surface area contributed by atoms with Crippen molar-refractivity contribution in [3.05, 3.63) is 59.1 Å². The third-order valence-corrected chi connectivity index (χ3v) is 9.18. The van der Waals surface area contributed by atoms with Gasteiger partial charge in [0.25, 0.3) is 0 Å². The molecule has 0 spiro atoms. The van der Waals surface area contributed by atoms with Crippen LogP contribution in [0, 0.1) is 0 Å². The Hall–Kier alpha value is -2.78. The second-order valence-electron chi connectivity index (χ2n) is 7.86. The predicted molar refractivity (Wildman–Crippen MR) is 130 cm³/mol. The number of rotatable bonds is 8. The summed E-state index contributed by atoms with van der Waals surface area (Å²) in [5, 5.41) is 2.54. The Labute approximate surface area is 198 Å². The van der Waals surface area contributed by atoms with Crippen LogP contribution < -0.4 is 19.1 Å². The minimum Gasteiger partial charge on any atom is -0.497 e. The van der Waals surface area contributed by atoms with E-state index in [1.54, 1.807) is 43.8 Å². The monoisotopic (exact) mass is 488 g/mol. The maximum Gasteiger partial charge on any atom is 0.185 e. The number of nitrogens with zero attached hydrogens (tertiary/aromatic N) is 2. The molecule has 0 aliphatic carbocycles. The standard InChI is InChI=1S/C24H28N2O5S2/c1-29-19-8-9-23(22(15-19)31-3)33(27,28)20-10-12-26(13-11-20)24-25-18(16-32-24)14-17-6-4-5-7-21(17)30-2/h4-9,15-16,20H,10-14H2,1-3H3. The van der Waals surface area contributed by atoms with E-state index >= 15 is 0 Å². The second-order valence-corrected chi connectivity index (χ2v) is 10.9. The van der Waals surface area contributed by atoms with E-state index in [9.17, 15) is 8.42 Å². The summed E-state index contributed by atoms with van der Waals surface area (Å²) < 4.78 is 42.6. The van der Waals surface area contributed by atoms with E-state index in [-0.39, 0.29) is 4.90 Å². The van der Waals surface area contributed by atoms with E-state index in [1.165, 1.54) is 7.11 Å². The van der Waals surface area contributed by atoms with Crippen molar-refractivity contribution < 1.29 is 22.6 Å². The summed E-state index contributed by atoms with van der Waals surface area (Å²) in [7, 11) is 1.17. The van der Waals surface area contributed by atoms with Gasteiger partial charge in [0.15, 0.2) is 15.0 Å². The first kappa shape index (κ1) is 23.4. The molecule has 1 saturated heterocycles. The Kier molecular flexibility index (Phi) is 7.09. The highest BCUT2D eigenvalue weighted by Crippen LogP contribution is 2.35. The van der Waals surface area contributed by atoms with E-state index in [0.717, 1.165) is 22.1 Å². The molecule has 2 heterocycles. The van der Waals surface area contributed by atoms with Crippen molar-refractivity contribution in [2.24, 2.45) is 0 Å². The molecule has 7 nitrogen and oxygen atoms in total. The van der Waals surface area contributed by atoms with E-state index in [2.05, 4.69) is 10.3 Å². The smallest absolute Gasteiger partial charge is 0.185 e. The molecule has 0 unspecified atom stereocenters. The molecule has 1 aromatic heterocycles. The number of ether oxygens (including phenoxy) is 3. The molecule has 0 N–H and O–H groups in total. The molecule has 3 aromatic rings. The van der Waals surface area contributed by atoms with Crippen molar-refractivity contribution in [2.45, 2.75) is 29.4 Å². The Bertz CT molecular complexity index is 1200. The first-order chi connectivity index (χ1) is 16.0. The highest BCUT2D eigenvalue weighted by molar-refractivity contribution is 7.92. The summed E-state index contributed by atoms with van der Waals surface area (Å²) in [6, 6.07) is 12.8. The molecular formula is C24H28N2O5S2. The average molecular weight is 489 g/mol. The van der Waals surface area contributed by atoms with Gasteiger partial charge in [-0.2, -0.15) is 0 Å². The third kappa shape index (κ3) is 4.94. The van der Waals surface area contributed by atoms with Crippen LogP contribution in [0.1, 0.15) is 24.1 Å². The van der Waals surface area contributed by atoms with Gasteiger partial charge in [-0.05, 0) is 31.0 Å². The van der Waals surface area contributed by atoms with Crippen LogP contribution in [0.2, 0.25) is 0 Å². The molecule has 0 saturated carbocycles. The minimum atomic E-state index is -3.52. The van der Waals surface area contributed by atoms with E-state index in [4.69, 9.17) is 19.2 Å². The van der Waals surface area contributed by atoms with Crippen molar-refractivity contribution in [1.82, 2.24) is 4.98 Å². The van der Waals surface area contributed by atoms with Crippen LogP contribution in [-0.4, -0.2) is 53.1 Å². The summed E-state index contributed by atoms with van der Waals surface area (Å²) in [4.78, 5) is 7.20. The molecular weight excluding hydrogens is 460 g/mol. The number of hydrogen-bond donors (Lipinski definition) is 0. The number of piperidine rings is 1. The van der Waals surface area contributed by atoms with Crippen molar-refractivity contribution in [3.63, 3.8) is 0 Å². The van der Waals surface area contributed by atoms with Gasteiger partial charge in [-0.3, -0.25) is 0 Å². The quantitative estimate of drug-likeness (QED) is 0.470. The molecule has 9 heteroatoms. The zero-order chi connectivity index (χ0) is 23.4. The topological polar surface area (TPSA) is 78.0 Å². The van der Waals surface area contributed by atoms with Crippen molar-refractivity contribution in [2.75, 3.05) is 39.3 Å². The molecule has 1 aliphatic heterocycles. The van der Waals surface area contributed by atoms with Crippen LogP contribution in [0.3, 0.4) is 0 Å². The first-order valence-electron chi connectivity index (χ1n) is 10.7. The van der Waals surface area contributed by atoms with E-state index in [1.807, 2.05) is 24.3 Å². The number of thiazole rings is 1. The third-order valence-electron chi connectivity index (χ3n) is 5.93. The van der Waals surface area contributed by atoms with E-state index < -0.39 is 15.1 Å². The zero-order valence-corrected chi connectivity index (χ0v) is 20.6. The Balaban J connectivity index is 1.43. The SMILES string of the molecule is COc1ccc(S(=O)(=O)C2CCN(c3nc(Cc4ccccc4OC)cs3)CC2)c(OC)c1. The van der Waals surface area contributed by atoms with Gasteiger partial charge >= 0.3 is 0 Å². The lowest BCUT2D eigenvalue weighted by Gasteiger charge is -2.31. The number of sulfone groups is 1. The number of para-hydroxylation sites is 1. The predicted octanol–water partition coefficient (Wildman–Crippen LogP) is 4.20. The fourth-order valence-electron chi connectivity index (χ4n) is 4.11. The summed E-state index contributed by atoms with van der Waals surface area (Å²) in [5.41, 5.74) is 2.08. The summed E-state index contributed by atoms with van der Waals surface area (Å²) in [6.07, 6.45) is 1.78. The highest BCUT2D eigenvalue weighted by atomic mass is 32.2. The van der Waals surface area contributed by atoms with Gasteiger partial charge in [-0.1, -0.05) is 18.2 Å². The maximum absolute atomic E-state index is 13.3. The fraction of sp³-hybridized carbons (Fsp3) is 0.375. The van der Waals surface area contributed by atoms with Gasteiger partial charge in [0.05, 0.1) is 32.3 Å². The van der Waals surface area contributed by atoms with Crippen molar-refractivity contribution in [3.8, 4) is 17.2 Å². The van der Waals surface area contributed by atoms with Crippen LogP contribution in [0.25, 0.3) is 0 Å². The Morgan fingerprint density at radius 2 is 1.73 bits per heavy atom. The average Bonchev–Trinajstić information content (AvgIpc) is 3.32. The molecule has 0 atom stereocenters. The molecule has 33 heavy (non-hydrogen) atoms. The Morgan fingerprint density at radius 1 is 1.00 bits per heavy atom. The largest absolute Gasteiger partial charge is 0.497 e. The van der Waals surface area contributed by atoms with E-state index in [0.29, 0.717) is 43.9 Å². The van der Waals surface area contributed by atoms with Crippen LogP contribution in [-0.2, 0) is 16.3 Å². The molecule has 1 fully saturated rings. The number of anilines is 1. The summed E-state index contributed by atoms with van der Waals surface area (Å²) >= 11 is 1.59. The zero-order valence-electron chi connectivity index (χ0n) is 19.0. The van der Waals surface area contributed by atoms with Gasteiger partial charge in [0.1, 0.15) is 22.1 Å². The van der Waals surface area contributed by atoms with Gasteiger partial charge < -0.3 is 19.1 Å². The first-order valence-corrected chi connectivity index (χ1v) is 13.2. The number of hydrogen-bond acceptors (Lipinski definition) is 8. The number of benzene rings is 2. The van der Waals surface area contributed by atoms with Gasteiger partial charge in [0.2, 0.25) is 0 Å². The number of aromatic nitrogens is 1. The molecule has 1 aliphatic rings. The lowest BCUT2D eigenvalue weighted by molar-refractivity contribution is 0.385. The highest BCUT2D eigenvalue weighted by Gasteiger charge is 2.34. The Morgan fingerprint density at radius 3 is 2.42 bits per heavy atom. The van der Waals surface area contributed by atoms with Crippen LogP contribution in [0.5, 0.6) is 17.2 Å².